The van der Waals surface area contributed by atoms with E-state index in [-0.39, 0.29) is 5.91 Å². The van der Waals surface area contributed by atoms with E-state index < -0.39 is 0 Å². The molecule has 0 aliphatic rings. The van der Waals surface area contributed by atoms with Gasteiger partial charge in [-0.3, -0.25) is 9.36 Å². The Hall–Kier alpha value is -2.89. The fourth-order valence-corrected chi connectivity index (χ4v) is 5.24. The van der Waals surface area contributed by atoms with Crippen LogP contribution in [0.5, 0.6) is 0 Å². The maximum Gasteiger partial charge on any atom is 0.242 e. The predicted octanol–water partition coefficient (Wildman–Crippen LogP) is 6.66. The zero-order valence-corrected chi connectivity index (χ0v) is 17.5. The molecule has 142 valence electrons. The van der Waals surface area contributed by atoms with Gasteiger partial charge in [0, 0.05) is 21.7 Å². The number of carbonyl (C=O) groups excluding carboxylic acids is 1. The summed E-state index contributed by atoms with van der Waals surface area (Å²) in [7, 11) is 0. The maximum atomic E-state index is 13.1. The number of aryl methyl sites for hydroxylation is 1. The van der Waals surface area contributed by atoms with E-state index in [2.05, 4.69) is 48.7 Å². The van der Waals surface area contributed by atoms with Gasteiger partial charge in [-0.2, -0.15) is 0 Å². The fraction of sp³-hybridized carbons (Fsp3) is 0.0833. The van der Waals surface area contributed by atoms with E-state index in [4.69, 9.17) is 4.98 Å². The van der Waals surface area contributed by atoms with Gasteiger partial charge in [0.1, 0.15) is 0 Å². The quantitative estimate of drug-likeness (QED) is 0.308. The van der Waals surface area contributed by atoms with Crippen molar-refractivity contribution in [2.24, 2.45) is 0 Å². The Labute approximate surface area is 177 Å². The summed E-state index contributed by atoms with van der Waals surface area (Å²) in [4.78, 5) is 17.8. The van der Waals surface area contributed by atoms with Gasteiger partial charge in [-0.25, -0.2) is 4.98 Å². The van der Waals surface area contributed by atoms with Crippen LogP contribution in [0.25, 0.3) is 33.1 Å². The standard InChI is InChI=1S/C24H18N2OS2/c1-16-10-12-17(13-11-16)20-14-28-24(25-20)29-15-23(27)26-21-8-4-2-6-18(21)19-7-3-5-9-22(19)26/h2-14H,15H2,1H3. The number of hydrogen-bond acceptors (Lipinski definition) is 4. The monoisotopic (exact) mass is 414 g/mol. The van der Waals surface area contributed by atoms with Crippen molar-refractivity contribution in [3.05, 3.63) is 83.7 Å². The predicted molar refractivity (Wildman–Crippen MR) is 123 cm³/mol. The van der Waals surface area contributed by atoms with Gasteiger partial charge < -0.3 is 0 Å². The van der Waals surface area contributed by atoms with Crippen LogP contribution in [0.15, 0.2) is 82.5 Å². The van der Waals surface area contributed by atoms with E-state index in [0.717, 1.165) is 37.4 Å². The Morgan fingerprint density at radius 2 is 1.55 bits per heavy atom. The van der Waals surface area contributed by atoms with Crippen LogP contribution in [0, 0.1) is 6.92 Å². The minimum atomic E-state index is 0.0690. The van der Waals surface area contributed by atoms with Crippen molar-refractivity contribution in [3.8, 4) is 11.3 Å². The molecule has 0 aliphatic carbocycles. The lowest BCUT2D eigenvalue weighted by molar-refractivity contribution is 0.0951. The van der Waals surface area contributed by atoms with Crippen LogP contribution in [-0.2, 0) is 0 Å². The number of aromatic nitrogens is 2. The van der Waals surface area contributed by atoms with Crippen molar-refractivity contribution in [2.75, 3.05) is 5.75 Å². The van der Waals surface area contributed by atoms with Crippen LogP contribution < -0.4 is 0 Å². The molecule has 0 radical (unpaired) electrons. The van der Waals surface area contributed by atoms with Gasteiger partial charge in [0.05, 0.1) is 22.5 Å². The number of para-hydroxylation sites is 2. The average Bonchev–Trinajstić information content (AvgIpc) is 3.35. The smallest absolute Gasteiger partial charge is 0.242 e. The third-order valence-electron chi connectivity index (χ3n) is 4.98. The van der Waals surface area contributed by atoms with E-state index in [0.29, 0.717) is 5.75 Å². The van der Waals surface area contributed by atoms with Gasteiger partial charge in [0.25, 0.3) is 0 Å². The molecule has 3 aromatic carbocycles. The molecule has 0 amide bonds. The van der Waals surface area contributed by atoms with Crippen LogP contribution in [0.3, 0.4) is 0 Å². The first-order valence-corrected chi connectivity index (χ1v) is 11.2. The summed E-state index contributed by atoms with van der Waals surface area (Å²) in [5.74, 6) is 0.420. The molecule has 3 nitrogen and oxygen atoms in total. The Bertz CT molecular complexity index is 1280. The summed E-state index contributed by atoms with van der Waals surface area (Å²) < 4.78 is 2.75. The van der Waals surface area contributed by atoms with Crippen LogP contribution >= 0.6 is 23.1 Å². The largest absolute Gasteiger partial charge is 0.279 e. The molecule has 0 unspecified atom stereocenters. The van der Waals surface area contributed by atoms with Crippen molar-refractivity contribution in [3.63, 3.8) is 0 Å². The topological polar surface area (TPSA) is 34.9 Å². The molecular formula is C24H18N2OS2. The van der Waals surface area contributed by atoms with E-state index in [9.17, 15) is 4.79 Å². The summed E-state index contributed by atoms with van der Waals surface area (Å²) in [6, 6.07) is 24.5. The highest BCUT2D eigenvalue weighted by molar-refractivity contribution is 8.01. The SMILES string of the molecule is Cc1ccc(-c2csc(SCC(=O)n3c4ccccc4c4ccccc43)n2)cc1. The Morgan fingerprint density at radius 1 is 0.931 bits per heavy atom. The zero-order chi connectivity index (χ0) is 19.8. The van der Waals surface area contributed by atoms with Gasteiger partial charge in [-0.15, -0.1) is 11.3 Å². The van der Waals surface area contributed by atoms with E-state index in [1.54, 1.807) is 11.3 Å². The molecule has 0 atom stereocenters. The summed E-state index contributed by atoms with van der Waals surface area (Å²) in [6.45, 7) is 2.08. The van der Waals surface area contributed by atoms with Gasteiger partial charge in [0.15, 0.2) is 4.34 Å². The van der Waals surface area contributed by atoms with Gasteiger partial charge in [-0.05, 0) is 19.1 Å². The number of nitrogens with zero attached hydrogens (tertiary/aromatic N) is 2. The Morgan fingerprint density at radius 3 is 2.21 bits per heavy atom. The van der Waals surface area contributed by atoms with Crippen molar-refractivity contribution in [1.29, 1.82) is 0 Å². The molecule has 5 heteroatoms. The highest BCUT2D eigenvalue weighted by atomic mass is 32.2. The molecule has 0 aliphatic heterocycles. The van der Waals surface area contributed by atoms with Crippen LogP contribution in [-0.4, -0.2) is 21.2 Å². The lowest BCUT2D eigenvalue weighted by Gasteiger charge is -2.05. The van der Waals surface area contributed by atoms with Gasteiger partial charge in [-0.1, -0.05) is 78.0 Å². The lowest BCUT2D eigenvalue weighted by Crippen LogP contribution is -2.12. The summed E-state index contributed by atoms with van der Waals surface area (Å²) >= 11 is 3.08. The number of rotatable bonds is 4. The number of benzene rings is 3. The molecule has 5 rings (SSSR count). The van der Waals surface area contributed by atoms with E-state index in [1.165, 1.54) is 17.3 Å². The molecule has 0 saturated heterocycles. The second-order valence-electron chi connectivity index (χ2n) is 6.92. The summed E-state index contributed by atoms with van der Waals surface area (Å²) in [5.41, 5.74) is 5.21. The molecule has 0 saturated carbocycles. The molecule has 5 aromatic rings. The molecule has 29 heavy (non-hydrogen) atoms. The fourth-order valence-electron chi connectivity index (χ4n) is 3.56. The third-order valence-corrected chi connectivity index (χ3v) is 6.98. The van der Waals surface area contributed by atoms with Crippen molar-refractivity contribution >= 4 is 50.8 Å². The summed E-state index contributed by atoms with van der Waals surface area (Å²) in [6.07, 6.45) is 0. The maximum absolute atomic E-state index is 13.1. The highest BCUT2D eigenvalue weighted by Gasteiger charge is 2.16. The van der Waals surface area contributed by atoms with Gasteiger partial charge in [0.2, 0.25) is 5.91 Å². The van der Waals surface area contributed by atoms with Crippen LogP contribution in [0.2, 0.25) is 0 Å². The van der Waals surface area contributed by atoms with Crippen LogP contribution in [0.1, 0.15) is 10.4 Å². The Balaban J connectivity index is 1.41. The molecule has 0 spiro atoms. The van der Waals surface area contributed by atoms with Crippen molar-refractivity contribution < 1.29 is 4.79 Å². The van der Waals surface area contributed by atoms with Crippen molar-refractivity contribution in [2.45, 2.75) is 11.3 Å². The number of hydrogen-bond donors (Lipinski definition) is 0. The molecule has 0 bridgehead atoms. The van der Waals surface area contributed by atoms with Crippen LogP contribution in [0.4, 0.5) is 0 Å². The lowest BCUT2D eigenvalue weighted by atomic mass is 10.1. The summed E-state index contributed by atoms with van der Waals surface area (Å²) in [5, 5.41) is 4.27. The first kappa shape index (κ1) is 18.2. The second-order valence-corrected chi connectivity index (χ2v) is 9.00. The normalized spacial score (nSPS) is 11.3. The number of fused-ring (bicyclic) bond motifs is 3. The molecule has 2 heterocycles. The number of thioether (sulfide) groups is 1. The second kappa shape index (κ2) is 7.50. The van der Waals surface area contributed by atoms with Crippen molar-refractivity contribution in [1.82, 2.24) is 9.55 Å². The number of thiazole rings is 1. The van der Waals surface area contributed by atoms with Gasteiger partial charge >= 0.3 is 0 Å². The zero-order valence-electron chi connectivity index (χ0n) is 15.8. The minimum absolute atomic E-state index is 0.0690. The van der Waals surface area contributed by atoms with E-state index >= 15 is 0 Å². The number of carbonyl (C=O) groups is 1. The minimum Gasteiger partial charge on any atom is -0.279 e. The Kier molecular flexibility index (Phi) is 4.70. The van der Waals surface area contributed by atoms with E-state index in [1.807, 2.05) is 41.0 Å². The molecule has 2 aromatic heterocycles. The highest BCUT2D eigenvalue weighted by Crippen LogP contribution is 2.31. The first-order valence-electron chi connectivity index (χ1n) is 9.37. The first-order chi connectivity index (χ1) is 14.2. The average molecular weight is 415 g/mol. The molecule has 0 N–H and O–H groups in total. The molecular weight excluding hydrogens is 396 g/mol. The third kappa shape index (κ3) is 3.37. The molecule has 0 fully saturated rings.